The second-order valence-corrected chi connectivity index (χ2v) is 11.9. The minimum atomic E-state index is -5.41. The van der Waals surface area contributed by atoms with E-state index in [9.17, 15) is 28.7 Å². The molecule has 2 aromatic heterocycles. The number of fused-ring (bicyclic) bond motifs is 1. The van der Waals surface area contributed by atoms with Gasteiger partial charge in [0.25, 0.3) is 0 Å². The Morgan fingerprint density at radius 1 is 0.953 bits per heavy atom. The number of ether oxygens (including phenoxy) is 2. The van der Waals surface area contributed by atoms with Gasteiger partial charge in [0.05, 0.1) is 18.5 Å². The number of carbonyl (C=O) groups is 2. The van der Waals surface area contributed by atoms with E-state index in [2.05, 4.69) is 23.8 Å². The minimum absolute atomic E-state index is 0.0206. The zero-order valence-electron chi connectivity index (χ0n) is 21.7. The van der Waals surface area contributed by atoms with Gasteiger partial charge >= 0.3 is 21.6 Å². The summed E-state index contributed by atoms with van der Waals surface area (Å²) < 4.78 is 43.9. The number of nitrogens with zero attached hydrogens (tertiary/aromatic N) is 4. The third-order valence-electron chi connectivity index (χ3n) is 6.25. The van der Waals surface area contributed by atoms with E-state index in [4.69, 9.17) is 25.0 Å². The van der Waals surface area contributed by atoms with E-state index in [0.29, 0.717) is 11.1 Å². The van der Waals surface area contributed by atoms with Crippen molar-refractivity contribution in [3.8, 4) is 0 Å². The van der Waals surface area contributed by atoms with Crippen molar-refractivity contribution >= 4 is 44.4 Å². The molecule has 5 atom stereocenters. The quantitative estimate of drug-likeness (QED) is 0.0936. The number of aliphatic hydroxyl groups excluding tert-OH is 1. The van der Waals surface area contributed by atoms with Gasteiger partial charge in [-0.15, -0.1) is 0 Å². The number of anilines is 1. The van der Waals surface area contributed by atoms with Gasteiger partial charge < -0.3 is 35.0 Å². The van der Waals surface area contributed by atoms with E-state index in [1.807, 2.05) is 0 Å². The maximum absolute atomic E-state index is 13.1. The lowest BCUT2D eigenvalue weighted by Crippen LogP contribution is -2.37. The fourth-order valence-electron chi connectivity index (χ4n) is 4.29. The highest BCUT2D eigenvalue weighted by Gasteiger charge is 2.49. The van der Waals surface area contributed by atoms with Crippen molar-refractivity contribution < 1.29 is 56.8 Å². The zero-order chi connectivity index (χ0) is 30.9. The number of phosphoric ester groups is 1. The standard InChI is InChI=1S/C24H23N5O12P2/c25-21-17-22(27-11-26-21)29(12-28-17)23-20(19(31)16(39-23)10-38-43(36,37)41-42(33,34)35)40-24(32)15-8-6-14(7-9-15)18(30)13-4-2-1-3-5-13/h1-9,11-12,16,19-20,23,31H,10H2,(H,36,37)(H2,25,26,27)(H2,33,34,35)/t16-,19-,20-,23-/m1/s1. The van der Waals surface area contributed by atoms with Crippen molar-refractivity contribution in [3.63, 3.8) is 0 Å². The number of benzene rings is 2. The van der Waals surface area contributed by atoms with Crippen LogP contribution in [0, 0.1) is 0 Å². The van der Waals surface area contributed by atoms with Crippen LogP contribution in [0.1, 0.15) is 32.5 Å². The number of nitrogen functional groups attached to an aromatic ring is 1. The van der Waals surface area contributed by atoms with Gasteiger partial charge in [-0.25, -0.2) is 28.9 Å². The summed E-state index contributed by atoms with van der Waals surface area (Å²) in [6.45, 7) is -0.917. The number of rotatable bonds is 10. The second kappa shape index (κ2) is 12.0. The van der Waals surface area contributed by atoms with E-state index < -0.39 is 52.8 Å². The van der Waals surface area contributed by atoms with Crippen LogP contribution in [0.4, 0.5) is 5.82 Å². The Hall–Kier alpha value is -3.89. The van der Waals surface area contributed by atoms with E-state index in [-0.39, 0.29) is 28.3 Å². The Balaban J connectivity index is 1.38. The van der Waals surface area contributed by atoms with E-state index in [0.717, 1.165) is 6.33 Å². The van der Waals surface area contributed by atoms with Crippen molar-refractivity contribution in [2.24, 2.45) is 0 Å². The highest BCUT2D eigenvalue weighted by atomic mass is 31.3. The predicted molar refractivity (Wildman–Crippen MR) is 144 cm³/mol. The normalized spacial score (nSPS) is 21.9. The molecule has 0 amide bonds. The number of aromatic nitrogens is 4. The van der Waals surface area contributed by atoms with Crippen molar-refractivity contribution in [2.75, 3.05) is 12.3 Å². The molecule has 1 fully saturated rings. The summed E-state index contributed by atoms with van der Waals surface area (Å²) in [5.74, 6) is -1.16. The number of nitrogens with two attached hydrogens (primary N) is 1. The summed E-state index contributed by atoms with van der Waals surface area (Å²) >= 11 is 0. The molecule has 17 nitrogen and oxygen atoms in total. The van der Waals surface area contributed by atoms with Gasteiger partial charge in [-0.3, -0.25) is 13.9 Å². The Labute approximate surface area is 241 Å². The van der Waals surface area contributed by atoms with Gasteiger partial charge in [0.15, 0.2) is 29.6 Å². The summed E-state index contributed by atoms with van der Waals surface area (Å²) in [5, 5.41) is 11.0. The molecule has 2 aromatic carbocycles. The number of hydrogen-bond donors (Lipinski definition) is 5. The average Bonchev–Trinajstić information content (AvgIpc) is 3.52. The smallest absolute Gasteiger partial charge is 0.451 e. The number of esters is 1. The SMILES string of the molecule is Nc1ncnc2c1ncn2[C@@H]1O[C@H](COP(=O)(O)OP(=O)(O)O)[C@@H](O)[C@H]1OC(=O)c1ccc(C(=O)c2ccccc2)cc1. The topological polar surface area (TPSA) is 256 Å². The number of phosphoric acid groups is 2. The van der Waals surface area contributed by atoms with Gasteiger partial charge in [0, 0.05) is 11.1 Å². The number of aliphatic hydroxyl groups is 1. The molecular weight excluding hydrogens is 612 g/mol. The van der Waals surface area contributed by atoms with Crippen molar-refractivity contribution in [3.05, 3.63) is 83.9 Å². The molecule has 4 aromatic rings. The molecule has 0 radical (unpaired) electrons. The highest BCUT2D eigenvalue weighted by molar-refractivity contribution is 7.60. The van der Waals surface area contributed by atoms with Gasteiger partial charge in [-0.05, 0) is 12.1 Å². The number of ketones is 1. The average molecular weight is 635 g/mol. The van der Waals surface area contributed by atoms with Gasteiger partial charge in [0.2, 0.25) is 0 Å². The van der Waals surface area contributed by atoms with Crippen molar-refractivity contribution in [1.82, 2.24) is 19.5 Å². The second-order valence-electron chi connectivity index (χ2n) is 9.12. The Morgan fingerprint density at radius 2 is 1.60 bits per heavy atom. The fourth-order valence-corrected chi connectivity index (χ4v) is 5.89. The molecule has 0 saturated carbocycles. The molecular formula is C24H23N5O12P2. The third-order valence-corrected chi connectivity index (χ3v) is 8.40. The van der Waals surface area contributed by atoms with Gasteiger partial charge in [0.1, 0.15) is 24.1 Å². The van der Waals surface area contributed by atoms with Crippen LogP contribution < -0.4 is 5.73 Å². The van der Waals surface area contributed by atoms with Crippen LogP contribution in [0.25, 0.3) is 11.2 Å². The zero-order valence-corrected chi connectivity index (χ0v) is 23.5. The summed E-state index contributed by atoms with van der Waals surface area (Å²) in [4.78, 5) is 65.2. The molecule has 43 heavy (non-hydrogen) atoms. The molecule has 1 unspecified atom stereocenters. The van der Waals surface area contributed by atoms with Gasteiger partial charge in [-0.2, -0.15) is 4.31 Å². The van der Waals surface area contributed by atoms with Crippen LogP contribution in [0.15, 0.2) is 67.3 Å². The number of hydrogen-bond acceptors (Lipinski definition) is 13. The molecule has 1 saturated heterocycles. The lowest BCUT2D eigenvalue weighted by atomic mass is 10.0. The third kappa shape index (κ3) is 6.86. The van der Waals surface area contributed by atoms with Crippen LogP contribution in [0.3, 0.4) is 0 Å². The molecule has 0 bridgehead atoms. The first-order valence-electron chi connectivity index (χ1n) is 12.2. The van der Waals surface area contributed by atoms with E-state index in [1.165, 1.54) is 35.2 Å². The van der Waals surface area contributed by atoms with Crippen molar-refractivity contribution in [1.29, 1.82) is 0 Å². The molecule has 1 aliphatic heterocycles. The molecule has 6 N–H and O–H groups in total. The number of carbonyl (C=O) groups excluding carboxylic acids is 2. The maximum Gasteiger partial charge on any atom is 0.481 e. The summed E-state index contributed by atoms with van der Waals surface area (Å²) in [5.41, 5.74) is 6.94. The Bertz CT molecular complexity index is 1750. The summed E-state index contributed by atoms with van der Waals surface area (Å²) in [6.07, 6.45) is -3.66. The van der Waals surface area contributed by atoms with E-state index >= 15 is 0 Å². The molecule has 19 heteroatoms. The predicted octanol–water partition coefficient (Wildman–Crippen LogP) is 1.35. The van der Waals surface area contributed by atoms with Crippen LogP contribution in [0.2, 0.25) is 0 Å². The minimum Gasteiger partial charge on any atom is -0.451 e. The van der Waals surface area contributed by atoms with Gasteiger partial charge in [-0.1, -0.05) is 42.5 Å². The molecule has 1 aliphatic rings. The summed E-state index contributed by atoms with van der Waals surface area (Å²) in [6, 6.07) is 14.1. The largest absolute Gasteiger partial charge is 0.481 e. The van der Waals surface area contributed by atoms with Crippen LogP contribution in [-0.4, -0.2) is 76.0 Å². The lowest BCUT2D eigenvalue weighted by molar-refractivity contribution is -0.0558. The first kappa shape index (κ1) is 30.6. The Kier molecular flexibility index (Phi) is 8.54. The summed E-state index contributed by atoms with van der Waals surface area (Å²) in [7, 11) is -10.7. The van der Waals surface area contributed by atoms with Crippen LogP contribution >= 0.6 is 15.6 Å². The Morgan fingerprint density at radius 3 is 2.28 bits per heavy atom. The molecule has 0 spiro atoms. The molecule has 0 aliphatic carbocycles. The van der Waals surface area contributed by atoms with Crippen LogP contribution in [0.5, 0.6) is 0 Å². The maximum atomic E-state index is 13.1. The highest BCUT2D eigenvalue weighted by Crippen LogP contribution is 2.57. The van der Waals surface area contributed by atoms with Crippen LogP contribution in [-0.2, 0) is 27.4 Å². The lowest BCUT2D eigenvalue weighted by Gasteiger charge is -2.22. The number of imidazole rings is 1. The monoisotopic (exact) mass is 635 g/mol. The fraction of sp³-hybridized carbons (Fsp3) is 0.208. The first-order valence-corrected chi connectivity index (χ1v) is 15.3. The molecule has 226 valence electrons. The van der Waals surface area contributed by atoms with E-state index in [1.54, 1.807) is 30.3 Å². The first-order chi connectivity index (χ1) is 20.3. The molecule has 3 heterocycles. The molecule has 5 rings (SSSR count). The van der Waals surface area contributed by atoms with Crippen molar-refractivity contribution in [2.45, 2.75) is 24.5 Å².